The van der Waals surface area contributed by atoms with Crippen molar-refractivity contribution in [2.24, 2.45) is 5.73 Å². The topological polar surface area (TPSA) is 61.5 Å². The SMILES string of the molecule is CCC(C)Oc1cc(OC(C)C)cc(C(=O)CN)c1. The van der Waals surface area contributed by atoms with Crippen molar-refractivity contribution in [1.29, 1.82) is 0 Å². The normalized spacial score (nSPS) is 12.3. The average molecular weight is 265 g/mol. The molecule has 4 heteroatoms. The Bertz CT molecular complexity index is 429. The molecule has 4 nitrogen and oxygen atoms in total. The molecule has 0 saturated carbocycles. The second-order valence-corrected chi connectivity index (χ2v) is 4.82. The Labute approximate surface area is 114 Å². The first-order chi connectivity index (χ1) is 8.96. The zero-order valence-corrected chi connectivity index (χ0v) is 12.1. The highest BCUT2D eigenvalue weighted by atomic mass is 16.5. The van der Waals surface area contributed by atoms with E-state index in [1.165, 1.54) is 0 Å². The number of ether oxygens (including phenoxy) is 2. The molecule has 0 aliphatic heterocycles. The Kier molecular flexibility index (Phi) is 5.83. The van der Waals surface area contributed by atoms with Crippen molar-refractivity contribution in [3.63, 3.8) is 0 Å². The van der Waals surface area contributed by atoms with Crippen molar-refractivity contribution in [2.75, 3.05) is 6.54 Å². The summed E-state index contributed by atoms with van der Waals surface area (Å²) < 4.78 is 11.4. The Balaban J connectivity index is 3.04. The van der Waals surface area contributed by atoms with Crippen LogP contribution in [0.5, 0.6) is 11.5 Å². The molecule has 0 saturated heterocycles. The molecule has 19 heavy (non-hydrogen) atoms. The third kappa shape index (κ3) is 4.91. The second-order valence-electron chi connectivity index (χ2n) is 4.82. The summed E-state index contributed by atoms with van der Waals surface area (Å²) in [6, 6.07) is 5.23. The Morgan fingerprint density at radius 3 is 2.21 bits per heavy atom. The van der Waals surface area contributed by atoms with Gasteiger partial charge in [-0.25, -0.2) is 0 Å². The van der Waals surface area contributed by atoms with Gasteiger partial charge < -0.3 is 15.2 Å². The van der Waals surface area contributed by atoms with Crippen LogP contribution in [0, 0.1) is 0 Å². The molecule has 0 bridgehead atoms. The molecule has 0 radical (unpaired) electrons. The van der Waals surface area contributed by atoms with Gasteiger partial charge in [0.25, 0.3) is 0 Å². The number of hydrogen-bond donors (Lipinski definition) is 1. The van der Waals surface area contributed by atoms with E-state index >= 15 is 0 Å². The van der Waals surface area contributed by atoms with Crippen molar-refractivity contribution in [1.82, 2.24) is 0 Å². The number of carbonyl (C=O) groups excluding carboxylic acids is 1. The number of benzene rings is 1. The van der Waals surface area contributed by atoms with Gasteiger partial charge in [0.2, 0.25) is 0 Å². The molecule has 0 fully saturated rings. The molecule has 0 aliphatic rings. The van der Waals surface area contributed by atoms with E-state index in [-0.39, 0.29) is 24.5 Å². The van der Waals surface area contributed by atoms with E-state index < -0.39 is 0 Å². The lowest BCUT2D eigenvalue weighted by atomic mass is 10.1. The van der Waals surface area contributed by atoms with Crippen LogP contribution in [-0.2, 0) is 0 Å². The number of rotatable bonds is 7. The largest absolute Gasteiger partial charge is 0.491 e. The minimum Gasteiger partial charge on any atom is -0.491 e. The third-order valence-corrected chi connectivity index (χ3v) is 2.67. The van der Waals surface area contributed by atoms with Gasteiger partial charge in [-0.2, -0.15) is 0 Å². The highest BCUT2D eigenvalue weighted by molar-refractivity contribution is 5.98. The smallest absolute Gasteiger partial charge is 0.176 e. The van der Waals surface area contributed by atoms with E-state index in [0.717, 1.165) is 6.42 Å². The maximum absolute atomic E-state index is 11.7. The van der Waals surface area contributed by atoms with Crippen LogP contribution in [-0.4, -0.2) is 24.5 Å². The molecule has 1 atom stereocenters. The number of ketones is 1. The first-order valence-electron chi connectivity index (χ1n) is 6.68. The quantitative estimate of drug-likeness (QED) is 0.770. The van der Waals surface area contributed by atoms with E-state index in [9.17, 15) is 4.79 Å². The van der Waals surface area contributed by atoms with Gasteiger partial charge in [-0.3, -0.25) is 4.79 Å². The lowest BCUT2D eigenvalue weighted by molar-refractivity contribution is 0.0999. The van der Waals surface area contributed by atoms with Crippen molar-refractivity contribution in [3.8, 4) is 11.5 Å². The molecular formula is C15H23NO3. The predicted molar refractivity (Wildman–Crippen MR) is 76.0 cm³/mol. The van der Waals surface area contributed by atoms with Crippen LogP contribution in [0.1, 0.15) is 44.5 Å². The molecule has 0 spiro atoms. The van der Waals surface area contributed by atoms with Gasteiger partial charge in [0.15, 0.2) is 5.78 Å². The van der Waals surface area contributed by atoms with Crippen LogP contribution in [0.4, 0.5) is 0 Å². The standard InChI is InChI=1S/C15H23NO3/c1-5-11(4)19-14-7-12(15(17)9-16)6-13(8-14)18-10(2)3/h6-8,10-11H,5,9,16H2,1-4H3. The number of carbonyl (C=O) groups is 1. The Morgan fingerprint density at radius 1 is 1.16 bits per heavy atom. The van der Waals surface area contributed by atoms with Crippen molar-refractivity contribution in [3.05, 3.63) is 23.8 Å². The molecule has 0 heterocycles. The summed E-state index contributed by atoms with van der Waals surface area (Å²) in [4.78, 5) is 11.7. The fourth-order valence-corrected chi connectivity index (χ4v) is 1.57. The molecule has 0 aromatic heterocycles. The molecule has 1 unspecified atom stereocenters. The van der Waals surface area contributed by atoms with E-state index in [1.54, 1.807) is 18.2 Å². The predicted octanol–water partition coefficient (Wildman–Crippen LogP) is 2.79. The Hall–Kier alpha value is -1.55. The molecule has 0 aliphatic carbocycles. The van der Waals surface area contributed by atoms with Crippen LogP contribution in [0.3, 0.4) is 0 Å². The maximum atomic E-state index is 11.7. The fourth-order valence-electron chi connectivity index (χ4n) is 1.57. The molecule has 2 N–H and O–H groups in total. The van der Waals surface area contributed by atoms with Crippen LogP contribution in [0.2, 0.25) is 0 Å². The van der Waals surface area contributed by atoms with Gasteiger partial charge in [0.1, 0.15) is 11.5 Å². The summed E-state index contributed by atoms with van der Waals surface area (Å²) in [6.45, 7) is 7.89. The maximum Gasteiger partial charge on any atom is 0.176 e. The van der Waals surface area contributed by atoms with Gasteiger partial charge in [-0.1, -0.05) is 6.92 Å². The summed E-state index contributed by atoms with van der Waals surface area (Å²) in [5, 5.41) is 0. The van der Waals surface area contributed by atoms with Crippen molar-refractivity contribution >= 4 is 5.78 Å². The summed E-state index contributed by atoms with van der Waals surface area (Å²) in [6.07, 6.45) is 1.03. The number of hydrogen-bond acceptors (Lipinski definition) is 4. The van der Waals surface area contributed by atoms with Crippen molar-refractivity contribution < 1.29 is 14.3 Å². The third-order valence-electron chi connectivity index (χ3n) is 2.67. The minimum atomic E-state index is -0.122. The first-order valence-corrected chi connectivity index (χ1v) is 6.68. The Morgan fingerprint density at radius 2 is 1.74 bits per heavy atom. The monoisotopic (exact) mass is 265 g/mol. The van der Waals surface area contributed by atoms with Gasteiger partial charge in [0, 0.05) is 11.6 Å². The molecule has 0 amide bonds. The van der Waals surface area contributed by atoms with E-state index in [2.05, 4.69) is 0 Å². The van der Waals surface area contributed by atoms with E-state index in [4.69, 9.17) is 15.2 Å². The lowest BCUT2D eigenvalue weighted by Crippen LogP contribution is -2.15. The van der Waals surface area contributed by atoms with Crippen LogP contribution in [0.25, 0.3) is 0 Å². The minimum absolute atomic E-state index is 0.0199. The summed E-state index contributed by atoms with van der Waals surface area (Å²) in [7, 11) is 0. The number of nitrogens with two attached hydrogens (primary N) is 1. The fraction of sp³-hybridized carbons (Fsp3) is 0.533. The first kappa shape index (κ1) is 15.5. The molecule has 1 aromatic rings. The van der Waals surface area contributed by atoms with E-state index in [0.29, 0.717) is 17.1 Å². The average Bonchev–Trinajstić information content (AvgIpc) is 2.36. The molecule has 1 aromatic carbocycles. The van der Waals surface area contributed by atoms with Crippen molar-refractivity contribution in [2.45, 2.75) is 46.3 Å². The summed E-state index contributed by atoms with van der Waals surface area (Å²) >= 11 is 0. The van der Waals surface area contributed by atoms with E-state index in [1.807, 2.05) is 27.7 Å². The molecule has 1 rings (SSSR count). The second kappa shape index (κ2) is 7.14. The van der Waals surface area contributed by atoms with Crippen LogP contribution in [0.15, 0.2) is 18.2 Å². The molecule has 106 valence electrons. The van der Waals surface area contributed by atoms with Gasteiger partial charge >= 0.3 is 0 Å². The highest BCUT2D eigenvalue weighted by Gasteiger charge is 2.11. The summed E-state index contributed by atoms with van der Waals surface area (Å²) in [5.74, 6) is 1.15. The summed E-state index contributed by atoms with van der Waals surface area (Å²) in [5.41, 5.74) is 5.93. The number of Topliss-reactive ketones (excluding diaryl/α,β-unsaturated/α-hetero) is 1. The lowest BCUT2D eigenvalue weighted by Gasteiger charge is -2.16. The van der Waals surface area contributed by atoms with Gasteiger partial charge in [-0.05, 0) is 39.3 Å². The highest BCUT2D eigenvalue weighted by Crippen LogP contribution is 2.25. The zero-order valence-electron chi connectivity index (χ0n) is 12.1. The molecular weight excluding hydrogens is 242 g/mol. The zero-order chi connectivity index (χ0) is 14.4. The van der Waals surface area contributed by atoms with Gasteiger partial charge in [-0.15, -0.1) is 0 Å². The van der Waals surface area contributed by atoms with Gasteiger partial charge in [0.05, 0.1) is 18.8 Å². The van der Waals surface area contributed by atoms with Crippen LogP contribution >= 0.6 is 0 Å². The van der Waals surface area contributed by atoms with Crippen LogP contribution < -0.4 is 15.2 Å².